The summed E-state index contributed by atoms with van der Waals surface area (Å²) in [6.45, 7) is 4.82. The van der Waals surface area contributed by atoms with Gasteiger partial charge in [-0.1, -0.05) is 19.8 Å². The van der Waals surface area contributed by atoms with Gasteiger partial charge in [0.15, 0.2) is 0 Å². The van der Waals surface area contributed by atoms with Crippen molar-refractivity contribution in [3.8, 4) is 5.75 Å². The molecule has 16 heavy (non-hydrogen) atoms. The van der Waals surface area contributed by atoms with Gasteiger partial charge in [0, 0.05) is 17.9 Å². The highest BCUT2D eigenvalue weighted by atomic mass is 16.5. The van der Waals surface area contributed by atoms with E-state index in [9.17, 15) is 5.11 Å². The number of rotatable bonds is 6. The molecular weight excluding hydrogens is 202 g/mol. The molecule has 0 radical (unpaired) electrons. The molecule has 0 aliphatic carbocycles. The molecule has 0 amide bonds. The van der Waals surface area contributed by atoms with Crippen molar-refractivity contribution in [3.05, 3.63) is 23.8 Å². The second-order valence-electron chi connectivity index (χ2n) is 4.04. The van der Waals surface area contributed by atoms with Gasteiger partial charge in [0.2, 0.25) is 0 Å². The van der Waals surface area contributed by atoms with Crippen molar-refractivity contribution in [3.63, 3.8) is 0 Å². The molecule has 1 unspecified atom stereocenters. The lowest BCUT2D eigenvalue weighted by molar-refractivity contribution is 0.0614. The molecule has 1 rings (SSSR count). The molecule has 0 bridgehead atoms. The molecule has 0 spiro atoms. The van der Waals surface area contributed by atoms with Crippen LogP contribution in [0.5, 0.6) is 5.75 Å². The Balaban J connectivity index is 2.51. The third kappa shape index (κ3) is 3.74. The predicted molar refractivity (Wildman–Crippen MR) is 66.4 cm³/mol. The normalized spacial score (nSPS) is 12.6. The smallest absolute Gasteiger partial charge is 0.121 e. The standard InChI is InChI=1S/C13H21NO2/c1-3-4-5-8-16-10(2)12-9-11(14)6-7-13(12)15/h6-7,9-10,15H,3-5,8,14H2,1-2H3. The van der Waals surface area contributed by atoms with Gasteiger partial charge in [0.05, 0.1) is 6.10 Å². The van der Waals surface area contributed by atoms with Gasteiger partial charge in [0.1, 0.15) is 5.75 Å². The quantitative estimate of drug-likeness (QED) is 0.442. The lowest BCUT2D eigenvalue weighted by Crippen LogP contribution is -2.03. The summed E-state index contributed by atoms with van der Waals surface area (Å²) in [5, 5.41) is 9.67. The number of phenolic OH excluding ortho intramolecular Hbond substituents is 1. The Morgan fingerprint density at radius 1 is 1.38 bits per heavy atom. The summed E-state index contributed by atoms with van der Waals surface area (Å²) in [5.74, 6) is 0.247. The minimum atomic E-state index is -0.111. The molecule has 3 heteroatoms. The molecule has 3 nitrogen and oxygen atoms in total. The average Bonchev–Trinajstić information content (AvgIpc) is 2.27. The summed E-state index contributed by atoms with van der Waals surface area (Å²) in [6, 6.07) is 5.05. The molecule has 1 aromatic carbocycles. The Morgan fingerprint density at radius 3 is 2.81 bits per heavy atom. The number of hydrogen-bond donors (Lipinski definition) is 2. The summed E-state index contributed by atoms with van der Waals surface area (Å²) in [5.41, 5.74) is 7.09. The molecule has 0 saturated carbocycles. The highest BCUT2D eigenvalue weighted by Gasteiger charge is 2.10. The van der Waals surface area contributed by atoms with E-state index >= 15 is 0 Å². The molecule has 1 aromatic rings. The van der Waals surface area contributed by atoms with Crippen LogP contribution in [0.25, 0.3) is 0 Å². The predicted octanol–water partition coefficient (Wildman–Crippen LogP) is 3.24. The molecule has 0 heterocycles. The number of ether oxygens (including phenoxy) is 1. The van der Waals surface area contributed by atoms with Gasteiger partial charge in [-0.05, 0) is 31.5 Å². The fraction of sp³-hybridized carbons (Fsp3) is 0.538. The SMILES string of the molecule is CCCCCOC(C)c1cc(N)ccc1O. The zero-order valence-electron chi connectivity index (χ0n) is 10.1. The van der Waals surface area contributed by atoms with Crippen molar-refractivity contribution < 1.29 is 9.84 Å². The Kier molecular flexibility index (Phi) is 5.12. The Hall–Kier alpha value is -1.22. The van der Waals surface area contributed by atoms with Crippen LogP contribution in [0.3, 0.4) is 0 Å². The maximum Gasteiger partial charge on any atom is 0.121 e. The summed E-state index contributed by atoms with van der Waals surface area (Å²) in [6.07, 6.45) is 3.31. The largest absolute Gasteiger partial charge is 0.508 e. The first-order chi connectivity index (χ1) is 7.65. The van der Waals surface area contributed by atoms with Crippen LogP contribution in [-0.2, 0) is 4.74 Å². The van der Waals surface area contributed by atoms with Crippen LogP contribution in [0, 0.1) is 0 Å². The third-order valence-corrected chi connectivity index (χ3v) is 2.61. The van der Waals surface area contributed by atoms with E-state index in [1.54, 1.807) is 18.2 Å². The summed E-state index contributed by atoms with van der Waals surface area (Å²) >= 11 is 0. The zero-order valence-corrected chi connectivity index (χ0v) is 10.1. The van der Waals surface area contributed by atoms with Crippen molar-refractivity contribution in [2.75, 3.05) is 12.3 Å². The second kappa shape index (κ2) is 6.38. The van der Waals surface area contributed by atoms with E-state index in [0.717, 1.165) is 18.6 Å². The minimum absolute atomic E-state index is 0.111. The Labute approximate surface area is 97.2 Å². The number of nitrogens with two attached hydrogens (primary N) is 1. The number of benzene rings is 1. The fourth-order valence-electron chi connectivity index (χ4n) is 1.60. The summed E-state index contributed by atoms with van der Waals surface area (Å²) < 4.78 is 5.65. The number of anilines is 1. The van der Waals surface area contributed by atoms with E-state index in [1.807, 2.05) is 6.92 Å². The highest BCUT2D eigenvalue weighted by Crippen LogP contribution is 2.28. The fourth-order valence-corrected chi connectivity index (χ4v) is 1.60. The van der Waals surface area contributed by atoms with Crippen LogP contribution >= 0.6 is 0 Å². The maximum absolute atomic E-state index is 9.67. The molecule has 0 saturated heterocycles. The zero-order chi connectivity index (χ0) is 12.0. The van der Waals surface area contributed by atoms with Crippen molar-refractivity contribution in [1.29, 1.82) is 0 Å². The molecule has 0 aliphatic rings. The summed E-state index contributed by atoms with van der Waals surface area (Å²) in [4.78, 5) is 0. The van der Waals surface area contributed by atoms with Crippen LogP contribution in [0.1, 0.15) is 44.8 Å². The number of aromatic hydroxyl groups is 1. The first kappa shape index (κ1) is 12.8. The van der Waals surface area contributed by atoms with Crippen molar-refractivity contribution in [2.45, 2.75) is 39.2 Å². The van der Waals surface area contributed by atoms with Crippen LogP contribution < -0.4 is 5.73 Å². The van der Waals surface area contributed by atoms with Gasteiger partial charge in [-0.25, -0.2) is 0 Å². The molecule has 0 aromatic heterocycles. The maximum atomic E-state index is 9.67. The van der Waals surface area contributed by atoms with Crippen LogP contribution in [0.2, 0.25) is 0 Å². The Bertz CT molecular complexity index is 326. The lowest BCUT2D eigenvalue weighted by atomic mass is 10.1. The van der Waals surface area contributed by atoms with Crippen molar-refractivity contribution in [1.82, 2.24) is 0 Å². The Morgan fingerprint density at radius 2 is 2.12 bits per heavy atom. The van der Waals surface area contributed by atoms with E-state index < -0.39 is 0 Å². The first-order valence-electron chi connectivity index (χ1n) is 5.85. The molecule has 1 atom stereocenters. The van der Waals surface area contributed by atoms with Gasteiger partial charge in [-0.2, -0.15) is 0 Å². The van der Waals surface area contributed by atoms with Crippen molar-refractivity contribution >= 4 is 5.69 Å². The van der Waals surface area contributed by atoms with Crippen LogP contribution in [0.4, 0.5) is 5.69 Å². The number of nitrogen functional groups attached to an aromatic ring is 1. The molecule has 0 fully saturated rings. The molecule has 0 aliphatic heterocycles. The van der Waals surface area contributed by atoms with E-state index in [-0.39, 0.29) is 11.9 Å². The topological polar surface area (TPSA) is 55.5 Å². The number of phenols is 1. The minimum Gasteiger partial charge on any atom is -0.508 e. The van der Waals surface area contributed by atoms with Crippen LogP contribution in [-0.4, -0.2) is 11.7 Å². The molecule has 3 N–H and O–H groups in total. The first-order valence-corrected chi connectivity index (χ1v) is 5.85. The van der Waals surface area contributed by atoms with E-state index in [1.165, 1.54) is 12.8 Å². The van der Waals surface area contributed by atoms with Gasteiger partial charge in [0.25, 0.3) is 0 Å². The monoisotopic (exact) mass is 223 g/mol. The molecule has 90 valence electrons. The lowest BCUT2D eigenvalue weighted by Gasteiger charge is -2.15. The van der Waals surface area contributed by atoms with E-state index in [2.05, 4.69) is 6.92 Å². The summed E-state index contributed by atoms with van der Waals surface area (Å²) in [7, 11) is 0. The molecular formula is C13H21NO2. The highest BCUT2D eigenvalue weighted by molar-refractivity contribution is 5.48. The van der Waals surface area contributed by atoms with Gasteiger partial charge < -0.3 is 15.6 Å². The number of unbranched alkanes of at least 4 members (excludes halogenated alkanes) is 2. The third-order valence-electron chi connectivity index (χ3n) is 2.61. The van der Waals surface area contributed by atoms with Gasteiger partial charge >= 0.3 is 0 Å². The van der Waals surface area contributed by atoms with Crippen molar-refractivity contribution in [2.24, 2.45) is 0 Å². The second-order valence-corrected chi connectivity index (χ2v) is 4.04. The van der Waals surface area contributed by atoms with Gasteiger partial charge in [-0.15, -0.1) is 0 Å². The van der Waals surface area contributed by atoms with E-state index in [0.29, 0.717) is 5.69 Å². The number of hydrogen-bond acceptors (Lipinski definition) is 3. The van der Waals surface area contributed by atoms with E-state index in [4.69, 9.17) is 10.5 Å². The van der Waals surface area contributed by atoms with Crippen LogP contribution in [0.15, 0.2) is 18.2 Å². The average molecular weight is 223 g/mol. The van der Waals surface area contributed by atoms with Gasteiger partial charge in [-0.3, -0.25) is 0 Å².